The van der Waals surface area contributed by atoms with Crippen LogP contribution in [0.15, 0.2) is 48.5 Å². The number of hydrogen-bond donors (Lipinski definition) is 2. The van der Waals surface area contributed by atoms with Crippen LogP contribution in [-0.2, 0) is 41.4 Å². The molecule has 2 N–H and O–H groups in total. The Hall–Kier alpha value is -5.06. The lowest BCUT2D eigenvalue weighted by Gasteiger charge is -2.19. The number of nitrogens with one attached hydrogen (secondary N) is 1. The van der Waals surface area contributed by atoms with Gasteiger partial charge in [-0.05, 0) is 28.3 Å². The molecule has 49 heavy (non-hydrogen) atoms. The molecule has 0 bridgehead atoms. The van der Waals surface area contributed by atoms with E-state index in [-0.39, 0.29) is 30.6 Å². The SMILES string of the molecule is CCCCc1nc(Cl)c(C(=O)OC(C)OC(=O)O[C@H]2CO[C@H]3[C@@H]2OC[C@H]3OC(=O)O)n1Cc1ccc(-c2ccccc2-c2nn[nH]n2)cc1. The number of unbranched alkanes of at least 4 members (excludes halogenated alkanes) is 1. The standard InChI is InChI=1S/C32H33ClN6O10/c1-3-4-9-24-34-28(33)25(30(40)46-17(2)47-32(43)49-23-16-45-26-22(48-31(41)42)15-44-27(23)26)39(24)14-18-10-12-19(13-11-18)20-7-5-6-8-21(20)29-35-37-38-36-29/h5-8,10-13,17,22-23,26-27H,3-4,9,14-16H2,1-2H3,(H,41,42)(H,35,36,37,38)/t17?,22-,23+,26-,27-/m1/s1. The van der Waals surface area contributed by atoms with E-state index in [0.717, 1.165) is 35.1 Å². The molecule has 2 fully saturated rings. The molecule has 2 aliphatic rings. The average Bonchev–Trinajstić information content (AvgIpc) is 3.87. The van der Waals surface area contributed by atoms with Gasteiger partial charge in [-0.2, -0.15) is 5.21 Å². The monoisotopic (exact) mass is 696 g/mol. The summed E-state index contributed by atoms with van der Waals surface area (Å²) >= 11 is 6.50. The zero-order valence-electron chi connectivity index (χ0n) is 26.5. The number of aromatic amines is 1. The van der Waals surface area contributed by atoms with E-state index in [9.17, 15) is 14.4 Å². The van der Waals surface area contributed by atoms with Crippen molar-refractivity contribution in [3.8, 4) is 22.5 Å². The van der Waals surface area contributed by atoms with Crippen molar-refractivity contribution in [2.45, 2.75) is 70.4 Å². The molecule has 17 heteroatoms. The largest absolute Gasteiger partial charge is 0.511 e. The van der Waals surface area contributed by atoms with Crippen LogP contribution in [0, 0.1) is 0 Å². The molecule has 2 saturated heterocycles. The molecule has 5 atom stereocenters. The van der Waals surface area contributed by atoms with Crippen molar-refractivity contribution in [1.82, 2.24) is 30.2 Å². The van der Waals surface area contributed by atoms with Gasteiger partial charge in [-0.25, -0.2) is 19.4 Å². The van der Waals surface area contributed by atoms with Crippen LogP contribution in [0.3, 0.4) is 0 Å². The lowest BCUT2D eigenvalue weighted by atomic mass is 9.98. The number of aryl methyl sites for hydroxylation is 1. The summed E-state index contributed by atoms with van der Waals surface area (Å²) < 4.78 is 33.5. The van der Waals surface area contributed by atoms with E-state index in [4.69, 9.17) is 45.1 Å². The van der Waals surface area contributed by atoms with Crippen LogP contribution in [0.5, 0.6) is 0 Å². The summed E-state index contributed by atoms with van der Waals surface area (Å²) in [5.41, 5.74) is 3.57. The molecular weight excluding hydrogens is 664 g/mol. The summed E-state index contributed by atoms with van der Waals surface area (Å²) in [6, 6.07) is 15.5. The number of rotatable bonds is 12. The smallest absolute Gasteiger partial charge is 0.450 e. The minimum Gasteiger partial charge on any atom is -0.450 e. The predicted octanol–water partition coefficient (Wildman–Crippen LogP) is 4.66. The number of carboxylic acid groups (broad SMARTS) is 1. The van der Waals surface area contributed by atoms with Crippen LogP contribution in [0.1, 0.15) is 48.6 Å². The third kappa shape index (κ3) is 7.66. The Balaban J connectivity index is 1.12. The van der Waals surface area contributed by atoms with Crippen LogP contribution in [0.25, 0.3) is 22.5 Å². The normalized spacial score (nSPS) is 20.4. The quantitative estimate of drug-likeness (QED) is 0.118. The number of hydrogen-bond acceptors (Lipinski definition) is 13. The van der Waals surface area contributed by atoms with Crippen molar-refractivity contribution in [2.75, 3.05) is 13.2 Å². The number of halogens is 1. The van der Waals surface area contributed by atoms with Gasteiger partial charge in [0.15, 0.2) is 23.1 Å². The molecule has 2 aliphatic heterocycles. The first kappa shape index (κ1) is 33.8. The molecule has 0 radical (unpaired) electrons. The summed E-state index contributed by atoms with van der Waals surface area (Å²) in [6.45, 7) is 3.57. The molecule has 1 unspecified atom stereocenters. The van der Waals surface area contributed by atoms with E-state index in [1.165, 1.54) is 6.92 Å². The maximum absolute atomic E-state index is 13.4. The maximum Gasteiger partial charge on any atom is 0.511 e. The first-order valence-corrected chi connectivity index (χ1v) is 16.0. The van der Waals surface area contributed by atoms with Crippen molar-refractivity contribution in [3.05, 3.63) is 70.8 Å². The van der Waals surface area contributed by atoms with Crippen LogP contribution < -0.4 is 0 Å². The molecule has 16 nitrogen and oxygen atoms in total. The summed E-state index contributed by atoms with van der Waals surface area (Å²) in [5.74, 6) is 0.243. The van der Waals surface area contributed by atoms with Crippen molar-refractivity contribution in [1.29, 1.82) is 0 Å². The van der Waals surface area contributed by atoms with Crippen molar-refractivity contribution < 1.29 is 47.9 Å². The molecule has 4 aromatic rings. The summed E-state index contributed by atoms with van der Waals surface area (Å²) in [5, 5.41) is 23.2. The molecule has 0 aliphatic carbocycles. The Kier molecular flexibility index (Phi) is 10.4. The van der Waals surface area contributed by atoms with Gasteiger partial charge in [0.1, 0.15) is 18.0 Å². The van der Waals surface area contributed by atoms with Crippen LogP contribution in [0.4, 0.5) is 9.59 Å². The molecule has 0 amide bonds. The number of ether oxygens (including phenoxy) is 6. The van der Waals surface area contributed by atoms with Gasteiger partial charge in [-0.15, -0.1) is 10.2 Å². The number of tetrazole rings is 1. The predicted molar refractivity (Wildman–Crippen MR) is 169 cm³/mol. The third-order valence-electron chi connectivity index (χ3n) is 8.07. The number of fused-ring (bicyclic) bond motifs is 1. The summed E-state index contributed by atoms with van der Waals surface area (Å²) in [7, 11) is 0. The maximum atomic E-state index is 13.4. The minimum absolute atomic E-state index is 0.0129. The van der Waals surface area contributed by atoms with E-state index in [1.807, 2.05) is 55.5 Å². The van der Waals surface area contributed by atoms with E-state index in [0.29, 0.717) is 18.1 Å². The van der Waals surface area contributed by atoms with Crippen LogP contribution in [-0.4, -0.2) is 97.5 Å². The molecule has 6 rings (SSSR count). The van der Waals surface area contributed by atoms with Gasteiger partial charge in [-0.1, -0.05) is 73.5 Å². The third-order valence-corrected chi connectivity index (χ3v) is 8.33. The highest BCUT2D eigenvalue weighted by Crippen LogP contribution is 2.32. The molecule has 258 valence electrons. The Morgan fingerprint density at radius 3 is 2.37 bits per heavy atom. The molecular formula is C32H33ClN6O10. The number of H-pyrrole nitrogens is 1. The Morgan fingerprint density at radius 1 is 1.02 bits per heavy atom. The Labute approximate surface area is 284 Å². The van der Waals surface area contributed by atoms with Crippen LogP contribution >= 0.6 is 11.6 Å². The van der Waals surface area contributed by atoms with Crippen molar-refractivity contribution in [2.24, 2.45) is 0 Å². The van der Waals surface area contributed by atoms with Gasteiger partial charge in [0.25, 0.3) is 0 Å². The molecule has 2 aromatic heterocycles. The molecule has 4 heterocycles. The van der Waals surface area contributed by atoms with E-state index < -0.39 is 49.0 Å². The van der Waals surface area contributed by atoms with Crippen molar-refractivity contribution in [3.63, 3.8) is 0 Å². The lowest BCUT2D eigenvalue weighted by Crippen LogP contribution is -2.36. The summed E-state index contributed by atoms with van der Waals surface area (Å²) in [6.07, 6.45) is -4.85. The number of benzene rings is 2. The topological polar surface area (TPSA) is 199 Å². The Morgan fingerprint density at radius 2 is 1.71 bits per heavy atom. The fourth-order valence-corrected chi connectivity index (χ4v) is 6.09. The fourth-order valence-electron chi connectivity index (χ4n) is 5.81. The number of imidazole rings is 1. The highest BCUT2D eigenvalue weighted by molar-refractivity contribution is 6.32. The van der Waals surface area contributed by atoms with Crippen molar-refractivity contribution >= 4 is 29.9 Å². The number of nitrogens with zero attached hydrogens (tertiary/aromatic N) is 5. The summed E-state index contributed by atoms with van der Waals surface area (Å²) in [4.78, 5) is 41.4. The highest BCUT2D eigenvalue weighted by atomic mass is 35.5. The minimum atomic E-state index is -1.46. The molecule has 2 aromatic carbocycles. The Bertz CT molecular complexity index is 1780. The fraction of sp³-hybridized carbons (Fsp3) is 0.406. The first-order valence-electron chi connectivity index (χ1n) is 15.6. The zero-order chi connectivity index (χ0) is 34.5. The van der Waals surface area contributed by atoms with E-state index >= 15 is 0 Å². The molecule has 0 saturated carbocycles. The van der Waals surface area contributed by atoms with Gasteiger partial charge >= 0.3 is 18.3 Å². The number of aromatic nitrogens is 6. The van der Waals surface area contributed by atoms with Gasteiger partial charge in [0.2, 0.25) is 12.1 Å². The van der Waals surface area contributed by atoms with E-state index in [1.54, 1.807) is 4.57 Å². The average molecular weight is 697 g/mol. The first-order chi connectivity index (χ1) is 23.7. The van der Waals surface area contributed by atoms with E-state index in [2.05, 4.69) is 25.6 Å². The highest BCUT2D eigenvalue weighted by Gasteiger charge is 2.51. The van der Waals surface area contributed by atoms with Gasteiger partial charge in [0.05, 0.1) is 13.2 Å². The van der Waals surface area contributed by atoms with Gasteiger partial charge in [-0.3, -0.25) is 0 Å². The van der Waals surface area contributed by atoms with Gasteiger partial charge < -0.3 is 38.1 Å². The zero-order valence-corrected chi connectivity index (χ0v) is 27.2. The number of carbonyl (C=O) groups excluding carboxylic acids is 2. The number of esters is 1. The second kappa shape index (κ2) is 15.0. The number of carbonyl (C=O) groups is 3. The van der Waals surface area contributed by atoms with Crippen LogP contribution in [0.2, 0.25) is 5.15 Å². The second-order valence-corrected chi connectivity index (χ2v) is 11.7. The second-order valence-electron chi connectivity index (χ2n) is 11.4. The van der Waals surface area contributed by atoms with Gasteiger partial charge in [0, 0.05) is 25.5 Å². The lowest BCUT2D eigenvalue weighted by molar-refractivity contribution is -0.0991. The molecule has 0 spiro atoms.